The molecule has 0 saturated carbocycles. The number of rotatable bonds is 5. The van der Waals surface area contributed by atoms with Crippen LogP contribution in [0.4, 0.5) is 0 Å². The quantitative estimate of drug-likeness (QED) is 0.512. The van der Waals surface area contributed by atoms with Gasteiger partial charge in [-0.25, -0.2) is 0 Å². The van der Waals surface area contributed by atoms with Crippen molar-refractivity contribution in [1.82, 2.24) is 15.3 Å². The Kier molecular flexibility index (Phi) is 4.13. The number of amides is 1. The molecule has 1 amide bonds. The van der Waals surface area contributed by atoms with Gasteiger partial charge in [0.25, 0.3) is 0 Å². The number of hydrogen-bond donors (Lipinski definition) is 3. The standard InChI is InChI=1S/C21H21N3O2/c1-13(25)22-10-19(17-11-23-20-6-4-3-5-15(17)20)18-12-24-21-8-7-14(26-2)9-16(18)21/h3-9,11-12,19,23-24H,10H2,1-2H3,(H,22,25). The van der Waals surface area contributed by atoms with E-state index in [0.29, 0.717) is 6.54 Å². The summed E-state index contributed by atoms with van der Waals surface area (Å²) < 4.78 is 5.40. The number of benzene rings is 2. The fourth-order valence-electron chi connectivity index (χ4n) is 3.55. The molecule has 0 spiro atoms. The van der Waals surface area contributed by atoms with E-state index in [1.54, 1.807) is 14.0 Å². The molecule has 3 N–H and O–H groups in total. The Balaban J connectivity index is 1.87. The van der Waals surface area contributed by atoms with E-state index in [-0.39, 0.29) is 11.8 Å². The third-order valence-corrected chi connectivity index (χ3v) is 4.85. The molecule has 26 heavy (non-hydrogen) atoms. The Hall–Kier alpha value is -3.21. The summed E-state index contributed by atoms with van der Waals surface area (Å²) in [7, 11) is 1.67. The minimum Gasteiger partial charge on any atom is -0.497 e. The maximum Gasteiger partial charge on any atom is 0.216 e. The summed E-state index contributed by atoms with van der Waals surface area (Å²) in [6.07, 6.45) is 4.06. The predicted octanol–water partition coefficient (Wildman–Crippen LogP) is 3.93. The highest BCUT2D eigenvalue weighted by Crippen LogP contribution is 2.35. The second kappa shape index (κ2) is 6.59. The van der Waals surface area contributed by atoms with Gasteiger partial charge in [-0.05, 0) is 35.4 Å². The van der Waals surface area contributed by atoms with E-state index in [4.69, 9.17) is 4.74 Å². The average Bonchev–Trinajstić information content (AvgIpc) is 3.26. The molecule has 0 bridgehead atoms. The van der Waals surface area contributed by atoms with Gasteiger partial charge in [-0.2, -0.15) is 0 Å². The van der Waals surface area contributed by atoms with Crippen molar-refractivity contribution in [3.8, 4) is 5.75 Å². The minimum absolute atomic E-state index is 0.0240. The fourth-order valence-corrected chi connectivity index (χ4v) is 3.55. The zero-order valence-corrected chi connectivity index (χ0v) is 14.8. The molecule has 5 heteroatoms. The Morgan fingerprint density at radius 2 is 1.73 bits per heavy atom. The van der Waals surface area contributed by atoms with Crippen molar-refractivity contribution >= 4 is 27.7 Å². The van der Waals surface area contributed by atoms with Gasteiger partial charge in [-0.15, -0.1) is 0 Å². The molecule has 4 aromatic rings. The first-order valence-corrected chi connectivity index (χ1v) is 8.63. The summed E-state index contributed by atoms with van der Waals surface area (Å²) in [4.78, 5) is 18.2. The second-order valence-electron chi connectivity index (χ2n) is 6.43. The highest BCUT2D eigenvalue weighted by Gasteiger charge is 2.21. The van der Waals surface area contributed by atoms with E-state index in [1.807, 2.05) is 42.7 Å². The fraction of sp³-hybridized carbons (Fsp3) is 0.190. The van der Waals surface area contributed by atoms with Crippen molar-refractivity contribution in [2.45, 2.75) is 12.8 Å². The van der Waals surface area contributed by atoms with Crippen molar-refractivity contribution in [1.29, 1.82) is 0 Å². The number of fused-ring (bicyclic) bond motifs is 2. The van der Waals surface area contributed by atoms with Crippen LogP contribution in [0.5, 0.6) is 5.75 Å². The number of ether oxygens (including phenoxy) is 1. The lowest BCUT2D eigenvalue weighted by Crippen LogP contribution is -2.26. The lowest BCUT2D eigenvalue weighted by Gasteiger charge is -2.17. The zero-order chi connectivity index (χ0) is 18.1. The largest absolute Gasteiger partial charge is 0.497 e. The molecule has 0 saturated heterocycles. The topological polar surface area (TPSA) is 69.9 Å². The molecule has 2 aromatic carbocycles. The number of H-pyrrole nitrogens is 2. The number of carbonyl (C=O) groups is 1. The van der Waals surface area contributed by atoms with Gasteiger partial charge in [0.2, 0.25) is 5.91 Å². The molecule has 132 valence electrons. The van der Waals surface area contributed by atoms with E-state index in [1.165, 1.54) is 5.39 Å². The van der Waals surface area contributed by atoms with E-state index < -0.39 is 0 Å². The van der Waals surface area contributed by atoms with Gasteiger partial charge in [0.05, 0.1) is 7.11 Å². The van der Waals surface area contributed by atoms with Crippen LogP contribution in [-0.2, 0) is 4.79 Å². The summed E-state index contributed by atoms with van der Waals surface area (Å²) in [5.74, 6) is 0.804. The number of para-hydroxylation sites is 1. The molecule has 0 aliphatic carbocycles. The lowest BCUT2D eigenvalue weighted by molar-refractivity contribution is -0.118. The SMILES string of the molecule is COc1ccc2[nH]cc(C(CNC(C)=O)c3c[nH]c4ccccc34)c2c1. The monoisotopic (exact) mass is 347 g/mol. The highest BCUT2D eigenvalue weighted by molar-refractivity contribution is 5.89. The Morgan fingerprint density at radius 1 is 1.04 bits per heavy atom. The molecular formula is C21H21N3O2. The number of aromatic nitrogens is 2. The van der Waals surface area contributed by atoms with Crippen molar-refractivity contribution in [3.63, 3.8) is 0 Å². The van der Waals surface area contributed by atoms with E-state index in [0.717, 1.165) is 33.3 Å². The molecule has 1 unspecified atom stereocenters. The molecule has 2 heterocycles. The van der Waals surface area contributed by atoms with E-state index in [2.05, 4.69) is 27.4 Å². The molecule has 0 aliphatic heterocycles. The summed E-state index contributed by atoms with van der Waals surface area (Å²) in [6, 6.07) is 14.2. The van der Waals surface area contributed by atoms with Crippen LogP contribution >= 0.6 is 0 Å². The van der Waals surface area contributed by atoms with Gasteiger partial charge in [-0.1, -0.05) is 18.2 Å². The molecule has 0 radical (unpaired) electrons. The van der Waals surface area contributed by atoms with Gasteiger partial charge < -0.3 is 20.0 Å². The van der Waals surface area contributed by atoms with Gasteiger partial charge in [0, 0.05) is 53.6 Å². The smallest absolute Gasteiger partial charge is 0.216 e. The zero-order valence-electron chi connectivity index (χ0n) is 14.8. The minimum atomic E-state index is -0.0349. The van der Waals surface area contributed by atoms with Gasteiger partial charge >= 0.3 is 0 Å². The third-order valence-electron chi connectivity index (χ3n) is 4.85. The van der Waals surface area contributed by atoms with Crippen LogP contribution in [0.1, 0.15) is 24.0 Å². The van der Waals surface area contributed by atoms with Crippen molar-refractivity contribution < 1.29 is 9.53 Å². The van der Waals surface area contributed by atoms with Crippen LogP contribution in [0.25, 0.3) is 21.8 Å². The molecule has 2 aromatic heterocycles. The first-order chi connectivity index (χ1) is 12.7. The maximum atomic E-state index is 11.6. The average molecular weight is 347 g/mol. The lowest BCUT2D eigenvalue weighted by atomic mass is 9.90. The highest BCUT2D eigenvalue weighted by atomic mass is 16.5. The Bertz CT molecular complexity index is 1080. The number of methoxy groups -OCH3 is 1. The Labute approximate surface area is 151 Å². The number of nitrogens with one attached hydrogen (secondary N) is 3. The van der Waals surface area contributed by atoms with Crippen LogP contribution in [0.3, 0.4) is 0 Å². The molecule has 4 rings (SSSR count). The van der Waals surface area contributed by atoms with E-state index in [9.17, 15) is 4.79 Å². The van der Waals surface area contributed by atoms with Crippen molar-refractivity contribution in [2.75, 3.05) is 13.7 Å². The number of aromatic amines is 2. The Morgan fingerprint density at radius 3 is 2.46 bits per heavy atom. The molecule has 0 aliphatic rings. The van der Waals surface area contributed by atoms with E-state index >= 15 is 0 Å². The number of carbonyl (C=O) groups excluding carboxylic acids is 1. The van der Waals surface area contributed by atoms with Crippen LogP contribution in [-0.4, -0.2) is 29.5 Å². The van der Waals surface area contributed by atoms with Crippen molar-refractivity contribution in [3.05, 3.63) is 66.0 Å². The maximum absolute atomic E-state index is 11.6. The molecule has 0 fully saturated rings. The molecule has 1 atom stereocenters. The third kappa shape index (κ3) is 2.81. The van der Waals surface area contributed by atoms with Crippen molar-refractivity contribution in [2.24, 2.45) is 0 Å². The van der Waals surface area contributed by atoms with Crippen LogP contribution < -0.4 is 10.1 Å². The normalized spacial score (nSPS) is 12.4. The molecular weight excluding hydrogens is 326 g/mol. The molecule has 5 nitrogen and oxygen atoms in total. The summed E-state index contributed by atoms with van der Waals surface area (Å²) in [6.45, 7) is 2.08. The van der Waals surface area contributed by atoms with Crippen LogP contribution in [0.2, 0.25) is 0 Å². The van der Waals surface area contributed by atoms with Crippen LogP contribution in [0, 0.1) is 0 Å². The summed E-state index contributed by atoms with van der Waals surface area (Å²) in [5, 5.41) is 5.25. The second-order valence-corrected chi connectivity index (χ2v) is 6.43. The van der Waals surface area contributed by atoms with Crippen LogP contribution in [0.15, 0.2) is 54.9 Å². The van der Waals surface area contributed by atoms with Gasteiger partial charge in [-0.3, -0.25) is 4.79 Å². The first kappa shape index (κ1) is 16.3. The first-order valence-electron chi connectivity index (χ1n) is 8.63. The van der Waals surface area contributed by atoms with Gasteiger partial charge in [0.15, 0.2) is 0 Å². The van der Waals surface area contributed by atoms with Gasteiger partial charge in [0.1, 0.15) is 5.75 Å². The predicted molar refractivity (Wildman–Crippen MR) is 104 cm³/mol. The number of hydrogen-bond acceptors (Lipinski definition) is 2. The summed E-state index contributed by atoms with van der Waals surface area (Å²) >= 11 is 0. The summed E-state index contributed by atoms with van der Waals surface area (Å²) in [5.41, 5.74) is 4.44.